The number of nitrogens with one attached hydrogen (secondary N) is 1. The number of carbonyl (C=O) groups is 1. The SMILES string of the molecule is Cc1nnc(-c2cccc(NC(=O)C3CCCc4ccccc43)c2)o1. The number of benzene rings is 2. The van der Waals surface area contributed by atoms with Crippen LogP contribution in [0.3, 0.4) is 0 Å². The van der Waals surface area contributed by atoms with E-state index < -0.39 is 0 Å². The molecular formula is C20H19N3O2. The van der Waals surface area contributed by atoms with Crippen LogP contribution >= 0.6 is 0 Å². The Kier molecular flexibility index (Phi) is 4.06. The van der Waals surface area contributed by atoms with Gasteiger partial charge in [-0.3, -0.25) is 4.79 Å². The first-order valence-corrected chi connectivity index (χ1v) is 8.50. The number of rotatable bonds is 3. The first-order chi connectivity index (χ1) is 12.2. The molecule has 25 heavy (non-hydrogen) atoms. The van der Waals surface area contributed by atoms with Crippen molar-refractivity contribution in [2.45, 2.75) is 32.1 Å². The lowest BCUT2D eigenvalue weighted by molar-refractivity contribution is -0.117. The van der Waals surface area contributed by atoms with Crippen molar-refractivity contribution >= 4 is 11.6 Å². The molecule has 1 aliphatic rings. The number of nitrogens with zero attached hydrogens (tertiary/aromatic N) is 2. The molecule has 0 radical (unpaired) electrons. The summed E-state index contributed by atoms with van der Waals surface area (Å²) in [5.41, 5.74) is 3.96. The van der Waals surface area contributed by atoms with E-state index in [-0.39, 0.29) is 11.8 Å². The van der Waals surface area contributed by atoms with Crippen LogP contribution in [-0.4, -0.2) is 16.1 Å². The average Bonchev–Trinajstić information content (AvgIpc) is 3.08. The van der Waals surface area contributed by atoms with Crippen LogP contribution in [0.1, 0.15) is 35.8 Å². The minimum atomic E-state index is -0.0979. The van der Waals surface area contributed by atoms with Gasteiger partial charge in [0.05, 0.1) is 5.92 Å². The molecule has 5 heteroatoms. The normalized spacial score (nSPS) is 16.3. The van der Waals surface area contributed by atoms with Crippen molar-refractivity contribution in [2.75, 3.05) is 5.32 Å². The Hall–Kier alpha value is -2.95. The zero-order valence-electron chi connectivity index (χ0n) is 14.0. The van der Waals surface area contributed by atoms with Crippen molar-refractivity contribution < 1.29 is 9.21 Å². The number of aromatic nitrogens is 2. The summed E-state index contributed by atoms with van der Waals surface area (Å²) in [4.78, 5) is 12.8. The molecule has 0 fully saturated rings. The topological polar surface area (TPSA) is 68.0 Å². The van der Waals surface area contributed by atoms with Gasteiger partial charge in [-0.1, -0.05) is 30.3 Å². The number of hydrogen-bond acceptors (Lipinski definition) is 4. The number of fused-ring (bicyclic) bond motifs is 1. The lowest BCUT2D eigenvalue weighted by Gasteiger charge is -2.24. The van der Waals surface area contributed by atoms with Gasteiger partial charge < -0.3 is 9.73 Å². The van der Waals surface area contributed by atoms with Crippen molar-refractivity contribution in [3.8, 4) is 11.5 Å². The second-order valence-electron chi connectivity index (χ2n) is 6.34. The van der Waals surface area contributed by atoms with Gasteiger partial charge >= 0.3 is 0 Å². The molecule has 5 nitrogen and oxygen atoms in total. The molecule has 0 aliphatic heterocycles. The third-order valence-electron chi connectivity index (χ3n) is 4.59. The summed E-state index contributed by atoms with van der Waals surface area (Å²) >= 11 is 0. The maximum atomic E-state index is 12.8. The van der Waals surface area contributed by atoms with E-state index in [1.165, 1.54) is 5.56 Å². The molecule has 1 amide bonds. The Morgan fingerprint density at radius 3 is 2.88 bits per heavy atom. The average molecular weight is 333 g/mol. The quantitative estimate of drug-likeness (QED) is 0.783. The summed E-state index contributed by atoms with van der Waals surface area (Å²) < 4.78 is 5.46. The Morgan fingerprint density at radius 2 is 2.04 bits per heavy atom. The summed E-state index contributed by atoms with van der Waals surface area (Å²) in [5.74, 6) is 0.908. The molecule has 0 saturated heterocycles. The highest BCUT2D eigenvalue weighted by Gasteiger charge is 2.26. The van der Waals surface area contributed by atoms with Gasteiger partial charge in [-0.05, 0) is 48.6 Å². The van der Waals surface area contributed by atoms with E-state index in [1.54, 1.807) is 6.92 Å². The fourth-order valence-electron chi connectivity index (χ4n) is 3.40. The van der Waals surface area contributed by atoms with Crippen LogP contribution in [0, 0.1) is 6.92 Å². The van der Waals surface area contributed by atoms with Crippen LogP contribution in [-0.2, 0) is 11.2 Å². The second kappa shape index (κ2) is 6.51. The first-order valence-electron chi connectivity index (χ1n) is 8.50. The highest BCUT2D eigenvalue weighted by Crippen LogP contribution is 2.32. The molecule has 1 aromatic heterocycles. The van der Waals surface area contributed by atoms with Gasteiger partial charge in [-0.25, -0.2) is 0 Å². The molecule has 1 aliphatic carbocycles. The first kappa shape index (κ1) is 15.6. The lowest BCUT2D eigenvalue weighted by Crippen LogP contribution is -2.24. The molecule has 1 heterocycles. The van der Waals surface area contributed by atoms with Crippen LogP contribution in [0.4, 0.5) is 5.69 Å². The zero-order chi connectivity index (χ0) is 17.2. The van der Waals surface area contributed by atoms with Gasteiger partial charge in [-0.15, -0.1) is 10.2 Å². The molecule has 0 bridgehead atoms. The summed E-state index contributed by atoms with van der Waals surface area (Å²) in [6, 6.07) is 15.7. The third kappa shape index (κ3) is 3.18. The summed E-state index contributed by atoms with van der Waals surface area (Å²) in [5, 5.41) is 10.9. The molecule has 2 aromatic carbocycles. The Balaban J connectivity index is 1.56. The Labute approximate surface area is 146 Å². The smallest absolute Gasteiger partial charge is 0.247 e. The number of anilines is 1. The van der Waals surface area contributed by atoms with Crippen LogP contribution in [0.25, 0.3) is 11.5 Å². The number of hydrogen-bond donors (Lipinski definition) is 1. The van der Waals surface area contributed by atoms with E-state index in [1.807, 2.05) is 36.4 Å². The minimum absolute atomic E-state index is 0.0333. The molecule has 4 rings (SSSR count). The molecule has 1 unspecified atom stereocenters. The monoisotopic (exact) mass is 333 g/mol. The molecule has 0 saturated carbocycles. The molecule has 0 spiro atoms. The van der Waals surface area contributed by atoms with Gasteiger partial charge in [-0.2, -0.15) is 0 Å². The van der Waals surface area contributed by atoms with Crippen molar-refractivity contribution in [3.05, 3.63) is 65.5 Å². The van der Waals surface area contributed by atoms with Gasteiger partial charge in [0.25, 0.3) is 0 Å². The van der Waals surface area contributed by atoms with Gasteiger partial charge in [0.2, 0.25) is 17.7 Å². The minimum Gasteiger partial charge on any atom is -0.421 e. The van der Waals surface area contributed by atoms with Crippen LogP contribution < -0.4 is 5.32 Å². The highest BCUT2D eigenvalue weighted by atomic mass is 16.4. The largest absolute Gasteiger partial charge is 0.421 e. The van der Waals surface area contributed by atoms with Crippen LogP contribution in [0.2, 0.25) is 0 Å². The van der Waals surface area contributed by atoms with Gasteiger partial charge in [0, 0.05) is 18.2 Å². The van der Waals surface area contributed by atoms with Crippen molar-refractivity contribution in [2.24, 2.45) is 0 Å². The molecule has 1 atom stereocenters. The molecule has 126 valence electrons. The van der Waals surface area contributed by atoms with E-state index in [2.05, 4.69) is 27.6 Å². The fourth-order valence-corrected chi connectivity index (χ4v) is 3.40. The summed E-state index contributed by atoms with van der Waals surface area (Å²) in [7, 11) is 0. The fraction of sp³-hybridized carbons (Fsp3) is 0.250. The highest BCUT2D eigenvalue weighted by molar-refractivity contribution is 5.96. The van der Waals surface area contributed by atoms with E-state index in [9.17, 15) is 4.79 Å². The van der Waals surface area contributed by atoms with Gasteiger partial charge in [0.1, 0.15) is 0 Å². The number of amides is 1. The van der Waals surface area contributed by atoms with Gasteiger partial charge in [0.15, 0.2) is 0 Å². The zero-order valence-corrected chi connectivity index (χ0v) is 14.0. The predicted molar refractivity (Wildman–Crippen MR) is 95.2 cm³/mol. The predicted octanol–water partition coefficient (Wildman–Crippen LogP) is 4.10. The second-order valence-corrected chi connectivity index (χ2v) is 6.34. The summed E-state index contributed by atoms with van der Waals surface area (Å²) in [6.07, 6.45) is 2.97. The van der Waals surface area contributed by atoms with Crippen LogP contribution in [0.5, 0.6) is 0 Å². The Bertz CT molecular complexity index is 917. The maximum absolute atomic E-state index is 12.8. The molecular weight excluding hydrogens is 314 g/mol. The lowest BCUT2D eigenvalue weighted by atomic mass is 9.82. The van der Waals surface area contributed by atoms with Crippen molar-refractivity contribution in [1.82, 2.24) is 10.2 Å². The van der Waals surface area contributed by atoms with E-state index >= 15 is 0 Å². The number of carbonyl (C=O) groups excluding carboxylic acids is 1. The van der Waals surface area contributed by atoms with E-state index in [0.29, 0.717) is 11.8 Å². The van der Waals surface area contributed by atoms with Crippen LogP contribution in [0.15, 0.2) is 52.9 Å². The standard InChI is InChI=1S/C20H19N3O2/c1-13-22-23-20(25-13)15-8-4-9-16(12-15)21-19(24)18-11-5-7-14-6-2-3-10-17(14)18/h2-4,6,8-10,12,18H,5,7,11H2,1H3,(H,21,24). The van der Waals surface area contributed by atoms with E-state index in [4.69, 9.17) is 4.42 Å². The number of aryl methyl sites for hydroxylation is 2. The van der Waals surface area contributed by atoms with E-state index in [0.717, 1.165) is 36.1 Å². The maximum Gasteiger partial charge on any atom is 0.247 e. The molecule has 1 N–H and O–H groups in total. The third-order valence-corrected chi connectivity index (χ3v) is 4.59. The Morgan fingerprint density at radius 1 is 1.16 bits per heavy atom. The van der Waals surface area contributed by atoms with Crippen molar-refractivity contribution in [3.63, 3.8) is 0 Å². The molecule has 3 aromatic rings. The van der Waals surface area contributed by atoms with Crippen molar-refractivity contribution in [1.29, 1.82) is 0 Å². The summed E-state index contributed by atoms with van der Waals surface area (Å²) in [6.45, 7) is 1.75.